The Morgan fingerprint density at radius 2 is 2.09 bits per heavy atom. The second-order valence-corrected chi connectivity index (χ2v) is 5.93. The predicted octanol–water partition coefficient (Wildman–Crippen LogP) is 2.74. The third-order valence-electron chi connectivity index (χ3n) is 3.22. The Kier molecular flexibility index (Phi) is 5.91. The highest BCUT2D eigenvalue weighted by atomic mass is 32.1. The molecule has 0 fully saturated rings. The van der Waals surface area contributed by atoms with Crippen LogP contribution in [-0.2, 0) is 0 Å². The second kappa shape index (κ2) is 7.91. The van der Waals surface area contributed by atoms with Crippen LogP contribution in [0.2, 0.25) is 0 Å². The number of thiazole rings is 1. The zero-order chi connectivity index (χ0) is 15.9. The number of hydrogen-bond donors (Lipinski definition) is 3. The molecule has 0 saturated heterocycles. The van der Waals surface area contributed by atoms with Crippen LogP contribution in [0.15, 0.2) is 30.3 Å². The van der Waals surface area contributed by atoms with Gasteiger partial charge in [0.25, 0.3) is 5.91 Å². The molecule has 0 aliphatic heterocycles. The zero-order valence-electron chi connectivity index (χ0n) is 12.8. The maximum Gasteiger partial charge on any atom is 0.263 e. The van der Waals surface area contributed by atoms with Gasteiger partial charge < -0.3 is 15.7 Å². The molecule has 118 valence electrons. The van der Waals surface area contributed by atoms with Gasteiger partial charge in [0.2, 0.25) is 0 Å². The molecule has 1 unspecified atom stereocenters. The summed E-state index contributed by atoms with van der Waals surface area (Å²) in [5, 5.41) is 16.8. The van der Waals surface area contributed by atoms with E-state index in [1.54, 1.807) is 0 Å². The summed E-state index contributed by atoms with van der Waals surface area (Å²) in [5.41, 5.74) is 1.59. The lowest BCUT2D eigenvalue weighted by Crippen LogP contribution is -2.25. The van der Waals surface area contributed by atoms with Crippen molar-refractivity contribution in [2.24, 2.45) is 0 Å². The van der Waals surface area contributed by atoms with Gasteiger partial charge in [0.05, 0.1) is 11.8 Å². The normalized spacial score (nSPS) is 12.0. The van der Waals surface area contributed by atoms with Crippen molar-refractivity contribution < 1.29 is 9.90 Å². The van der Waals surface area contributed by atoms with E-state index < -0.39 is 6.10 Å². The topological polar surface area (TPSA) is 74.2 Å². The predicted molar refractivity (Wildman–Crippen MR) is 89.4 cm³/mol. The fourth-order valence-electron chi connectivity index (χ4n) is 2.08. The van der Waals surface area contributed by atoms with Crippen molar-refractivity contribution in [3.8, 4) is 0 Å². The summed E-state index contributed by atoms with van der Waals surface area (Å²) in [7, 11) is 0. The SMILES string of the molecule is CCNc1nc(C)c(C(=O)NCCC(O)c2ccccc2)s1. The molecule has 1 atom stereocenters. The molecule has 2 rings (SSSR count). The maximum atomic E-state index is 12.2. The number of nitrogens with one attached hydrogen (secondary N) is 2. The van der Waals surface area contributed by atoms with E-state index in [-0.39, 0.29) is 5.91 Å². The highest BCUT2D eigenvalue weighted by Gasteiger charge is 2.15. The maximum absolute atomic E-state index is 12.2. The number of aromatic nitrogens is 1. The lowest BCUT2D eigenvalue weighted by molar-refractivity contribution is 0.0946. The summed E-state index contributed by atoms with van der Waals surface area (Å²) in [6.07, 6.45) is -0.0883. The molecule has 1 amide bonds. The number of carbonyl (C=O) groups excluding carboxylic acids is 1. The Morgan fingerprint density at radius 3 is 2.77 bits per heavy atom. The molecule has 1 aromatic heterocycles. The lowest BCUT2D eigenvalue weighted by Gasteiger charge is -2.11. The standard InChI is InChI=1S/C16H21N3O2S/c1-3-17-16-19-11(2)14(22-16)15(21)18-10-9-13(20)12-7-5-4-6-8-12/h4-8,13,20H,3,9-10H2,1-2H3,(H,17,19)(H,18,21). The van der Waals surface area contributed by atoms with Gasteiger partial charge in [-0.25, -0.2) is 4.98 Å². The molecule has 1 heterocycles. The number of benzene rings is 1. The highest BCUT2D eigenvalue weighted by molar-refractivity contribution is 7.17. The Hall–Kier alpha value is -1.92. The minimum Gasteiger partial charge on any atom is -0.388 e. The molecule has 0 bridgehead atoms. The number of aliphatic hydroxyl groups is 1. The van der Waals surface area contributed by atoms with Gasteiger partial charge in [0.1, 0.15) is 4.88 Å². The van der Waals surface area contributed by atoms with Crippen molar-refractivity contribution in [2.45, 2.75) is 26.4 Å². The molecule has 22 heavy (non-hydrogen) atoms. The summed E-state index contributed by atoms with van der Waals surface area (Å²) < 4.78 is 0. The first-order valence-electron chi connectivity index (χ1n) is 7.34. The van der Waals surface area contributed by atoms with Crippen LogP contribution in [0.4, 0.5) is 5.13 Å². The number of nitrogens with zero attached hydrogens (tertiary/aromatic N) is 1. The van der Waals surface area contributed by atoms with Crippen molar-refractivity contribution in [3.63, 3.8) is 0 Å². The van der Waals surface area contributed by atoms with Crippen LogP contribution in [0.25, 0.3) is 0 Å². The third-order valence-corrected chi connectivity index (χ3v) is 4.33. The van der Waals surface area contributed by atoms with Crippen molar-refractivity contribution in [1.82, 2.24) is 10.3 Å². The summed E-state index contributed by atoms with van der Waals surface area (Å²) in [5.74, 6) is -0.139. The summed E-state index contributed by atoms with van der Waals surface area (Å²) >= 11 is 1.35. The van der Waals surface area contributed by atoms with Gasteiger partial charge in [-0.1, -0.05) is 41.7 Å². The second-order valence-electron chi connectivity index (χ2n) is 4.93. The molecule has 0 radical (unpaired) electrons. The quantitative estimate of drug-likeness (QED) is 0.733. The lowest BCUT2D eigenvalue weighted by atomic mass is 10.1. The molecule has 3 N–H and O–H groups in total. The molecule has 0 aliphatic rings. The molecule has 0 spiro atoms. The first kappa shape index (κ1) is 16.5. The van der Waals surface area contributed by atoms with Crippen molar-refractivity contribution in [2.75, 3.05) is 18.4 Å². The number of amides is 1. The number of aliphatic hydroxyl groups excluding tert-OH is 1. The smallest absolute Gasteiger partial charge is 0.263 e. The summed E-state index contributed by atoms with van der Waals surface area (Å²) in [6.45, 7) is 5.01. The number of aryl methyl sites for hydroxylation is 1. The van der Waals surface area contributed by atoms with E-state index >= 15 is 0 Å². The van der Waals surface area contributed by atoms with E-state index in [2.05, 4.69) is 15.6 Å². The Balaban J connectivity index is 1.85. The van der Waals surface area contributed by atoms with Crippen LogP contribution < -0.4 is 10.6 Å². The molecule has 0 aliphatic carbocycles. The van der Waals surface area contributed by atoms with Crippen LogP contribution in [0.3, 0.4) is 0 Å². The summed E-state index contributed by atoms with van der Waals surface area (Å²) in [4.78, 5) is 17.1. The summed E-state index contributed by atoms with van der Waals surface area (Å²) in [6, 6.07) is 9.44. The van der Waals surface area contributed by atoms with Crippen molar-refractivity contribution in [1.29, 1.82) is 0 Å². The van der Waals surface area contributed by atoms with Gasteiger partial charge in [-0.3, -0.25) is 4.79 Å². The number of hydrogen-bond acceptors (Lipinski definition) is 5. The highest BCUT2D eigenvalue weighted by Crippen LogP contribution is 2.22. The Bertz CT molecular complexity index is 613. The monoisotopic (exact) mass is 319 g/mol. The zero-order valence-corrected chi connectivity index (χ0v) is 13.6. The average molecular weight is 319 g/mol. The minimum absolute atomic E-state index is 0.139. The average Bonchev–Trinajstić information content (AvgIpc) is 2.89. The van der Waals surface area contributed by atoms with Gasteiger partial charge in [-0.2, -0.15) is 0 Å². The molecule has 0 saturated carbocycles. The molecule has 6 heteroatoms. The van der Waals surface area contributed by atoms with Gasteiger partial charge in [-0.15, -0.1) is 0 Å². The van der Waals surface area contributed by atoms with Crippen LogP contribution >= 0.6 is 11.3 Å². The van der Waals surface area contributed by atoms with Crippen LogP contribution in [0.5, 0.6) is 0 Å². The van der Waals surface area contributed by atoms with Crippen molar-refractivity contribution in [3.05, 3.63) is 46.5 Å². The minimum atomic E-state index is -0.568. The molecule has 5 nitrogen and oxygen atoms in total. The first-order valence-corrected chi connectivity index (χ1v) is 8.16. The van der Waals surface area contributed by atoms with Gasteiger partial charge >= 0.3 is 0 Å². The van der Waals surface area contributed by atoms with E-state index in [0.717, 1.165) is 22.9 Å². The van der Waals surface area contributed by atoms with Gasteiger partial charge in [0, 0.05) is 13.1 Å². The largest absolute Gasteiger partial charge is 0.388 e. The Morgan fingerprint density at radius 1 is 1.36 bits per heavy atom. The van der Waals surface area contributed by atoms with Gasteiger partial charge in [-0.05, 0) is 25.8 Å². The number of anilines is 1. The van der Waals surface area contributed by atoms with E-state index in [0.29, 0.717) is 17.8 Å². The Labute approximate surface area is 134 Å². The van der Waals surface area contributed by atoms with E-state index in [1.165, 1.54) is 11.3 Å². The van der Waals surface area contributed by atoms with E-state index in [9.17, 15) is 9.90 Å². The first-order chi connectivity index (χ1) is 10.6. The van der Waals surface area contributed by atoms with E-state index in [4.69, 9.17) is 0 Å². The number of rotatable bonds is 7. The fraction of sp³-hybridized carbons (Fsp3) is 0.375. The molecular formula is C16H21N3O2S. The van der Waals surface area contributed by atoms with E-state index in [1.807, 2.05) is 44.2 Å². The molecule has 1 aromatic carbocycles. The van der Waals surface area contributed by atoms with Crippen LogP contribution in [0.1, 0.15) is 40.4 Å². The fourth-order valence-corrected chi connectivity index (χ4v) is 3.03. The van der Waals surface area contributed by atoms with Crippen LogP contribution in [0, 0.1) is 6.92 Å². The molecular weight excluding hydrogens is 298 g/mol. The van der Waals surface area contributed by atoms with Crippen LogP contribution in [-0.4, -0.2) is 29.1 Å². The molecule has 2 aromatic rings. The number of carbonyl (C=O) groups is 1. The van der Waals surface area contributed by atoms with Gasteiger partial charge in [0.15, 0.2) is 5.13 Å². The third kappa shape index (κ3) is 4.29. The van der Waals surface area contributed by atoms with Crippen molar-refractivity contribution >= 4 is 22.4 Å².